The zero-order valence-corrected chi connectivity index (χ0v) is 20.4. The highest BCUT2D eigenvalue weighted by Crippen LogP contribution is 2.22. The molecule has 3 atom stereocenters. The van der Waals surface area contributed by atoms with Gasteiger partial charge in [0.2, 0.25) is 10.0 Å². The smallest absolute Gasteiger partial charge is 0.251 e. The van der Waals surface area contributed by atoms with Crippen molar-refractivity contribution < 1.29 is 23.1 Å². The number of nitrogens with one attached hydrogen (secondary N) is 3. The van der Waals surface area contributed by atoms with E-state index in [-0.39, 0.29) is 35.4 Å². The van der Waals surface area contributed by atoms with Crippen LogP contribution in [0.15, 0.2) is 48.5 Å². The van der Waals surface area contributed by atoms with Gasteiger partial charge in [0.1, 0.15) is 0 Å². The van der Waals surface area contributed by atoms with Crippen molar-refractivity contribution in [2.75, 3.05) is 30.7 Å². The van der Waals surface area contributed by atoms with Crippen molar-refractivity contribution in [1.29, 1.82) is 0 Å². The summed E-state index contributed by atoms with van der Waals surface area (Å²) in [4.78, 5) is 25.9. The number of anilines is 1. The second-order valence-electron chi connectivity index (χ2n) is 8.59. The topological polar surface area (TPSA) is 128 Å². The number of carbonyl (C=O) groups is 2. The highest BCUT2D eigenvalue weighted by molar-refractivity contribution is 7.92. The van der Waals surface area contributed by atoms with Crippen LogP contribution in [-0.2, 0) is 10.0 Å². The molecule has 0 spiro atoms. The number of aliphatic hydroxyl groups is 1. The average molecular weight is 489 g/mol. The summed E-state index contributed by atoms with van der Waals surface area (Å²) in [5.41, 5.74) is 1.37. The molecular formula is C24H32N4O5S. The molecule has 1 heterocycles. The van der Waals surface area contributed by atoms with E-state index in [0.717, 1.165) is 35.5 Å². The predicted octanol–water partition coefficient (Wildman–Crippen LogP) is 1.42. The van der Waals surface area contributed by atoms with Gasteiger partial charge in [0, 0.05) is 30.8 Å². The van der Waals surface area contributed by atoms with Crippen LogP contribution in [0.4, 0.5) is 5.69 Å². The maximum Gasteiger partial charge on any atom is 0.251 e. The largest absolute Gasteiger partial charge is 0.390 e. The fraction of sp³-hybridized carbons (Fsp3) is 0.417. The third-order valence-corrected chi connectivity index (χ3v) is 7.19. The van der Waals surface area contributed by atoms with Gasteiger partial charge in [0.25, 0.3) is 11.8 Å². The molecule has 10 heteroatoms. The summed E-state index contributed by atoms with van der Waals surface area (Å²) >= 11 is 0. The van der Waals surface area contributed by atoms with Gasteiger partial charge in [-0.15, -0.1) is 0 Å². The lowest BCUT2D eigenvalue weighted by Gasteiger charge is -2.21. The molecular weight excluding hydrogens is 456 g/mol. The fourth-order valence-electron chi connectivity index (χ4n) is 3.83. The molecule has 1 aliphatic rings. The van der Waals surface area contributed by atoms with Crippen LogP contribution in [-0.4, -0.2) is 63.9 Å². The van der Waals surface area contributed by atoms with E-state index in [2.05, 4.69) is 16.0 Å². The third-order valence-electron chi connectivity index (χ3n) is 5.99. The second kappa shape index (κ2) is 11.0. The minimum absolute atomic E-state index is 0.0369. The van der Waals surface area contributed by atoms with E-state index >= 15 is 0 Å². The van der Waals surface area contributed by atoms with E-state index < -0.39 is 27.9 Å². The lowest BCUT2D eigenvalue weighted by Crippen LogP contribution is -2.43. The Morgan fingerprint density at radius 1 is 1.15 bits per heavy atom. The molecule has 2 amide bonds. The number of amides is 2. The van der Waals surface area contributed by atoms with E-state index in [4.69, 9.17) is 0 Å². The molecule has 0 aliphatic carbocycles. The fourth-order valence-corrected chi connectivity index (χ4v) is 4.32. The van der Waals surface area contributed by atoms with Crippen molar-refractivity contribution in [3.05, 3.63) is 65.2 Å². The van der Waals surface area contributed by atoms with Crippen molar-refractivity contribution >= 4 is 27.5 Å². The number of aliphatic hydroxyl groups excluding tert-OH is 1. The number of nitrogens with zero attached hydrogens (tertiary/aromatic N) is 1. The number of carbonyl (C=O) groups excluding carboxylic acids is 2. The zero-order chi connectivity index (χ0) is 24.9. The molecule has 3 rings (SSSR count). The number of benzene rings is 2. The number of rotatable bonds is 9. The van der Waals surface area contributed by atoms with Crippen LogP contribution in [0, 0.1) is 0 Å². The Kier molecular flexibility index (Phi) is 8.29. The number of hydrogen-bond acceptors (Lipinski definition) is 6. The molecule has 34 heavy (non-hydrogen) atoms. The number of hydrogen-bond donors (Lipinski definition) is 4. The Morgan fingerprint density at radius 3 is 2.38 bits per heavy atom. The van der Waals surface area contributed by atoms with Crippen molar-refractivity contribution in [1.82, 2.24) is 16.0 Å². The van der Waals surface area contributed by atoms with Crippen LogP contribution in [0.3, 0.4) is 0 Å². The maximum absolute atomic E-state index is 13.0. The van der Waals surface area contributed by atoms with Crippen LogP contribution in [0.2, 0.25) is 0 Å². The molecule has 2 aromatic carbocycles. The molecule has 184 valence electrons. The Hall–Kier alpha value is -2.95. The molecule has 1 fully saturated rings. The van der Waals surface area contributed by atoms with Crippen molar-refractivity contribution in [2.45, 2.75) is 38.0 Å². The Morgan fingerprint density at radius 2 is 1.79 bits per heavy atom. The maximum atomic E-state index is 13.0. The Labute approximate surface area is 200 Å². The van der Waals surface area contributed by atoms with Crippen molar-refractivity contribution in [2.24, 2.45) is 0 Å². The van der Waals surface area contributed by atoms with E-state index in [1.807, 2.05) is 37.3 Å². The highest BCUT2D eigenvalue weighted by Gasteiger charge is 2.24. The van der Waals surface area contributed by atoms with Gasteiger partial charge >= 0.3 is 0 Å². The first-order valence-electron chi connectivity index (χ1n) is 11.2. The summed E-state index contributed by atoms with van der Waals surface area (Å²) in [7, 11) is -2.26. The van der Waals surface area contributed by atoms with Crippen LogP contribution >= 0.6 is 0 Å². The first-order valence-corrected chi connectivity index (χ1v) is 13.1. The van der Waals surface area contributed by atoms with Gasteiger partial charge in [0.05, 0.1) is 24.1 Å². The standard InChI is InChI=1S/C24H32N4O5S/c1-16(17-8-5-4-6-9-17)27-24(31)19-12-18(13-20(14-19)28(2)34(3,32)33)23(30)26-15-22(29)21-10-7-11-25-21/h4-6,8-9,12-14,16,21-22,25,29H,7,10-11,15H2,1-3H3,(H,26,30)(H,27,31)/t16-,21?,22-/m1/s1. The van der Waals surface area contributed by atoms with Gasteiger partial charge in [-0.3, -0.25) is 13.9 Å². The van der Waals surface area contributed by atoms with Crippen LogP contribution < -0.4 is 20.3 Å². The molecule has 1 aliphatic heterocycles. The summed E-state index contributed by atoms with van der Waals surface area (Å²) in [6.07, 6.45) is 2.09. The molecule has 0 radical (unpaired) electrons. The molecule has 1 unspecified atom stereocenters. The normalized spacial score (nSPS) is 17.6. The summed E-state index contributed by atoms with van der Waals surface area (Å²) in [5.74, 6) is -0.949. The van der Waals surface area contributed by atoms with Gasteiger partial charge < -0.3 is 21.1 Å². The van der Waals surface area contributed by atoms with Gasteiger partial charge in [-0.25, -0.2) is 8.42 Å². The van der Waals surface area contributed by atoms with Crippen molar-refractivity contribution in [3.8, 4) is 0 Å². The molecule has 2 aromatic rings. The Bertz CT molecular complexity index is 1120. The van der Waals surface area contributed by atoms with E-state index in [1.54, 1.807) is 0 Å². The second-order valence-corrected chi connectivity index (χ2v) is 10.6. The summed E-state index contributed by atoms with van der Waals surface area (Å²) in [6, 6.07) is 13.3. The van der Waals surface area contributed by atoms with Gasteiger partial charge in [-0.05, 0) is 50.1 Å². The summed E-state index contributed by atoms with van der Waals surface area (Å²) < 4.78 is 25.2. The zero-order valence-electron chi connectivity index (χ0n) is 19.6. The minimum atomic E-state index is -3.62. The summed E-state index contributed by atoms with van der Waals surface area (Å²) in [6.45, 7) is 2.70. The SMILES string of the molecule is C[C@@H](NC(=O)c1cc(C(=O)NC[C@@H](O)C2CCCN2)cc(N(C)S(C)(=O)=O)c1)c1ccccc1. The lowest BCUT2D eigenvalue weighted by atomic mass is 10.1. The highest BCUT2D eigenvalue weighted by atomic mass is 32.2. The van der Waals surface area contributed by atoms with Crippen LogP contribution in [0.1, 0.15) is 52.1 Å². The minimum Gasteiger partial charge on any atom is -0.390 e. The summed E-state index contributed by atoms with van der Waals surface area (Å²) in [5, 5.41) is 19.1. The van der Waals surface area contributed by atoms with E-state index in [1.165, 1.54) is 25.2 Å². The molecule has 0 bridgehead atoms. The first kappa shape index (κ1) is 25.7. The quantitative estimate of drug-likeness (QED) is 0.423. The van der Waals surface area contributed by atoms with Gasteiger partial charge in [-0.2, -0.15) is 0 Å². The van der Waals surface area contributed by atoms with E-state index in [0.29, 0.717) is 0 Å². The molecule has 1 saturated heterocycles. The lowest BCUT2D eigenvalue weighted by molar-refractivity contribution is 0.0887. The molecule has 0 aromatic heterocycles. The monoisotopic (exact) mass is 488 g/mol. The third kappa shape index (κ3) is 6.55. The predicted molar refractivity (Wildman–Crippen MR) is 131 cm³/mol. The molecule has 4 N–H and O–H groups in total. The van der Waals surface area contributed by atoms with Crippen LogP contribution in [0.5, 0.6) is 0 Å². The Balaban J connectivity index is 1.82. The van der Waals surface area contributed by atoms with Gasteiger partial charge in [0.15, 0.2) is 0 Å². The molecule has 9 nitrogen and oxygen atoms in total. The van der Waals surface area contributed by atoms with Crippen molar-refractivity contribution in [3.63, 3.8) is 0 Å². The number of sulfonamides is 1. The van der Waals surface area contributed by atoms with E-state index in [9.17, 15) is 23.1 Å². The average Bonchev–Trinajstić information content (AvgIpc) is 3.36. The first-order chi connectivity index (χ1) is 16.1. The molecule has 0 saturated carbocycles. The van der Waals surface area contributed by atoms with Crippen LogP contribution in [0.25, 0.3) is 0 Å². The van der Waals surface area contributed by atoms with Gasteiger partial charge in [-0.1, -0.05) is 30.3 Å².